The molecular weight excluding hydrogens is 841 g/mol. The van der Waals surface area contributed by atoms with E-state index >= 15 is 0 Å². The van der Waals surface area contributed by atoms with Crippen LogP contribution >= 0.6 is 0 Å². The van der Waals surface area contributed by atoms with Gasteiger partial charge in [-0.2, -0.15) is 5.26 Å². The number of nitro benzene ring substituents is 1. The largest absolute Gasteiger partial charge is 0.459 e. The van der Waals surface area contributed by atoms with Gasteiger partial charge in [-0.15, -0.1) is 6.58 Å². The highest BCUT2D eigenvalue weighted by molar-refractivity contribution is 6.03. The summed E-state index contributed by atoms with van der Waals surface area (Å²) in [6.45, 7) is 6.52. The summed E-state index contributed by atoms with van der Waals surface area (Å²) in [6.07, 6.45) is 9.63. The maximum Gasteiger partial charge on any atom is 0.269 e. The number of aliphatic hydroxyl groups excluding tert-OH is 2. The molecule has 0 radical (unpaired) electrons. The normalized spacial score (nSPS) is 22.1. The number of carbonyl (C=O) groups is 2. The Morgan fingerprint density at radius 3 is 2.44 bits per heavy atom. The van der Waals surface area contributed by atoms with Gasteiger partial charge in [0.15, 0.2) is 0 Å². The van der Waals surface area contributed by atoms with Gasteiger partial charge in [-0.25, -0.2) is 0 Å². The lowest BCUT2D eigenvalue weighted by Crippen LogP contribution is -2.70. The molecule has 1 aliphatic heterocycles. The van der Waals surface area contributed by atoms with Gasteiger partial charge in [-0.3, -0.25) is 19.7 Å². The van der Waals surface area contributed by atoms with E-state index in [0.29, 0.717) is 71.0 Å². The zero-order chi connectivity index (χ0) is 46.6. The first-order chi connectivity index (χ1) is 32.2. The molecule has 3 aliphatic rings. The number of aldehydes is 1. The smallest absolute Gasteiger partial charge is 0.269 e. The standard InChI is InChI=1S/C52H56N4O10/c1-3-24-55(51(60)38-18-14-35(32-53)15-19-38)48-31-46(54-64-34-36-16-20-40(21-17-36)56(61)62)44-29-39(11-5-7-25-57)43(13-6-8-26-58)49-45-30-42(65-41-12-9-10-37(28-41)33-59)22-23-47(45)66-52(48,50(44)49)63-27-4-2/h4,9-10,12,14-23,28-30,33,39,43,48-50,57-58H,2-3,5-8,11,13,24-27,31,34H2,1H3. The fourth-order valence-corrected chi connectivity index (χ4v) is 9.89. The van der Waals surface area contributed by atoms with Crippen LogP contribution < -0.4 is 9.47 Å². The van der Waals surface area contributed by atoms with E-state index in [4.69, 9.17) is 24.2 Å². The maximum atomic E-state index is 15.0. The van der Waals surface area contributed by atoms with Crippen LogP contribution in [-0.4, -0.2) is 76.1 Å². The highest BCUT2D eigenvalue weighted by Gasteiger charge is 2.65. The number of rotatable bonds is 22. The third-order valence-electron chi connectivity index (χ3n) is 12.8. The Kier molecular flexibility index (Phi) is 15.8. The number of fused-ring (bicyclic) bond motifs is 2. The number of benzene rings is 4. The van der Waals surface area contributed by atoms with E-state index in [0.717, 1.165) is 43.1 Å². The predicted octanol–water partition coefficient (Wildman–Crippen LogP) is 9.46. The Labute approximate surface area is 384 Å². The Hall–Kier alpha value is -6.66. The Morgan fingerprint density at radius 2 is 1.76 bits per heavy atom. The van der Waals surface area contributed by atoms with Crippen molar-refractivity contribution in [2.75, 3.05) is 26.4 Å². The van der Waals surface area contributed by atoms with Crippen LogP contribution in [0.15, 0.2) is 120 Å². The van der Waals surface area contributed by atoms with Crippen molar-refractivity contribution in [3.63, 3.8) is 0 Å². The third-order valence-corrected chi connectivity index (χ3v) is 12.8. The summed E-state index contributed by atoms with van der Waals surface area (Å²) < 4.78 is 20.9. The number of nitrogens with zero attached hydrogens (tertiary/aromatic N) is 4. The molecule has 1 amide bonds. The van der Waals surface area contributed by atoms with Crippen LogP contribution in [0.25, 0.3) is 0 Å². The number of nitro groups is 1. The third kappa shape index (κ3) is 10.2. The first-order valence-electron chi connectivity index (χ1n) is 22.7. The second-order valence-corrected chi connectivity index (χ2v) is 16.9. The second-order valence-electron chi connectivity index (χ2n) is 16.9. The molecule has 2 aliphatic carbocycles. The minimum Gasteiger partial charge on any atom is -0.459 e. The summed E-state index contributed by atoms with van der Waals surface area (Å²) in [6, 6.07) is 26.6. The van der Waals surface area contributed by atoms with Gasteiger partial charge in [0.25, 0.3) is 11.6 Å². The summed E-state index contributed by atoms with van der Waals surface area (Å²) in [4.78, 5) is 45.6. The van der Waals surface area contributed by atoms with Crippen LogP contribution in [0.5, 0.6) is 17.2 Å². The zero-order valence-corrected chi connectivity index (χ0v) is 37.1. The van der Waals surface area contributed by atoms with Crippen molar-refractivity contribution in [2.24, 2.45) is 22.9 Å². The van der Waals surface area contributed by atoms with Gasteiger partial charge < -0.3 is 34.2 Å². The number of oxime groups is 1. The lowest BCUT2D eigenvalue weighted by molar-refractivity contribution is -0.384. The van der Waals surface area contributed by atoms with Crippen LogP contribution in [0, 0.1) is 39.2 Å². The summed E-state index contributed by atoms with van der Waals surface area (Å²) in [5.74, 6) is -1.18. The molecule has 14 nitrogen and oxygen atoms in total. The van der Waals surface area contributed by atoms with Gasteiger partial charge in [-0.05, 0) is 122 Å². The molecule has 0 bridgehead atoms. The molecule has 66 heavy (non-hydrogen) atoms. The van der Waals surface area contributed by atoms with Crippen LogP contribution in [0.3, 0.4) is 0 Å². The van der Waals surface area contributed by atoms with Crippen molar-refractivity contribution in [3.05, 3.63) is 153 Å². The molecule has 1 fully saturated rings. The fraction of sp³-hybridized carbons (Fsp3) is 0.385. The van der Waals surface area contributed by atoms with Gasteiger partial charge in [0.1, 0.15) is 36.2 Å². The van der Waals surface area contributed by atoms with Gasteiger partial charge in [0.05, 0.1) is 34.8 Å². The summed E-state index contributed by atoms with van der Waals surface area (Å²) in [5.41, 5.74) is 4.20. The van der Waals surface area contributed by atoms with Crippen LogP contribution in [0.2, 0.25) is 0 Å². The lowest BCUT2D eigenvalue weighted by Gasteiger charge is -2.60. The number of nitriles is 1. The van der Waals surface area contributed by atoms with Crippen LogP contribution in [0.4, 0.5) is 5.69 Å². The molecule has 14 heteroatoms. The van der Waals surface area contributed by atoms with Gasteiger partial charge in [0.2, 0.25) is 5.79 Å². The number of amides is 1. The number of hydrogen-bond acceptors (Lipinski definition) is 12. The fourth-order valence-electron chi connectivity index (χ4n) is 9.89. The molecule has 1 heterocycles. The number of hydrogen-bond donors (Lipinski definition) is 2. The number of non-ortho nitro benzene ring substituents is 1. The van der Waals surface area contributed by atoms with Gasteiger partial charge >= 0.3 is 0 Å². The van der Waals surface area contributed by atoms with E-state index in [1.54, 1.807) is 71.6 Å². The topological polar surface area (TPSA) is 194 Å². The molecule has 0 saturated heterocycles. The molecule has 2 N–H and O–H groups in total. The van der Waals surface area contributed by atoms with Crippen molar-refractivity contribution in [1.29, 1.82) is 5.26 Å². The van der Waals surface area contributed by atoms with Crippen molar-refractivity contribution < 1.29 is 43.8 Å². The van der Waals surface area contributed by atoms with Crippen LogP contribution in [-0.2, 0) is 16.2 Å². The van der Waals surface area contributed by atoms with Gasteiger partial charge in [-0.1, -0.05) is 49.2 Å². The summed E-state index contributed by atoms with van der Waals surface area (Å²) >= 11 is 0. The summed E-state index contributed by atoms with van der Waals surface area (Å²) in [7, 11) is 0. The van der Waals surface area contributed by atoms with Crippen molar-refractivity contribution in [1.82, 2.24) is 4.90 Å². The van der Waals surface area contributed by atoms with Crippen molar-refractivity contribution >= 4 is 23.6 Å². The minimum absolute atomic E-state index is 0.0174. The Balaban J connectivity index is 1.44. The Morgan fingerprint density at radius 1 is 1.02 bits per heavy atom. The molecule has 1 saturated carbocycles. The zero-order valence-electron chi connectivity index (χ0n) is 37.1. The number of carbonyl (C=O) groups excluding carboxylic acids is 2. The summed E-state index contributed by atoms with van der Waals surface area (Å²) in [5, 5.41) is 45.8. The maximum absolute atomic E-state index is 15.0. The number of unbranched alkanes of at least 4 members (excludes halogenated alkanes) is 2. The molecule has 4 aromatic rings. The molecule has 4 aromatic carbocycles. The van der Waals surface area contributed by atoms with E-state index in [9.17, 15) is 35.2 Å². The predicted molar refractivity (Wildman–Crippen MR) is 247 cm³/mol. The van der Waals surface area contributed by atoms with E-state index in [2.05, 4.69) is 18.7 Å². The Bertz CT molecular complexity index is 2460. The monoisotopic (exact) mass is 896 g/mol. The quantitative estimate of drug-likeness (QED) is 0.0251. The molecule has 0 aromatic heterocycles. The van der Waals surface area contributed by atoms with E-state index in [1.165, 1.54) is 12.1 Å². The second kappa shape index (κ2) is 22.0. The molecule has 0 spiro atoms. The van der Waals surface area contributed by atoms with E-state index in [-0.39, 0.29) is 62.2 Å². The average molecular weight is 897 g/mol. The SMILES string of the molecule is C=CCOC12Oc3ccc(Oc4cccc(C=O)c4)cc3C3C(CCCCO)C(CCCCO)C=C(C(=NOCc4ccc([N+](=O)[O-])cc4)CC1N(CCC)C(=O)c1ccc(C#N)cc1)C32. The lowest BCUT2D eigenvalue weighted by atomic mass is 9.55. The first kappa shape index (κ1) is 47.3. The highest BCUT2D eigenvalue weighted by atomic mass is 16.7. The molecule has 6 atom stereocenters. The average Bonchev–Trinajstić information content (AvgIpc) is 3.34. The van der Waals surface area contributed by atoms with Crippen LogP contribution in [0.1, 0.15) is 102 Å². The van der Waals surface area contributed by atoms with E-state index < -0.39 is 22.7 Å². The minimum atomic E-state index is -1.50. The number of aliphatic hydroxyl groups is 2. The molecule has 344 valence electrons. The van der Waals surface area contributed by atoms with E-state index in [1.807, 2.05) is 25.1 Å². The van der Waals surface area contributed by atoms with Crippen molar-refractivity contribution in [3.8, 4) is 23.3 Å². The number of allylic oxidation sites excluding steroid dienone is 1. The molecule has 7 rings (SSSR count). The van der Waals surface area contributed by atoms with Crippen molar-refractivity contribution in [2.45, 2.75) is 82.6 Å². The first-order valence-corrected chi connectivity index (χ1v) is 22.7. The number of ether oxygens (including phenoxy) is 3. The highest BCUT2D eigenvalue weighted by Crippen LogP contribution is 2.62. The molecule has 6 unspecified atom stereocenters. The molecular formula is C52H56N4O10. The van der Waals surface area contributed by atoms with Gasteiger partial charge in [0, 0.05) is 60.9 Å².